The van der Waals surface area contributed by atoms with Gasteiger partial charge < -0.3 is 24.6 Å². The minimum absolute atomic E-state index is 0.0195. The van der Waals surface area contributed by atoms with E-state index < -0.39 is 12.2 Å². The number of nitrogens with one attached hydrogen (secondary N) is 1. The summed E-state index contributed by atoms with van der Waals surface area (Å²) in [5.74, 6) is -0.277. The minimum atomic E-state index is -0.787. The predicted octanol–water partition coefficient (Wildman–Crippen LogP) is 3.49. The lowest BCUT2D eigenvalue weighted by Crippen LogP contribution is -2.66. The van der Waals surface area contributed by atoms with Gasteiger partial charge in [-0.3, -0.25) is 14.6 Å². The van der Waals surface area contributed by atoms with Crippen LogP contribution in [0.15, 0.2) is 83.6 Å². The molecule has 6 rings (SSSR count). The van der Waals surface area contributed by atoms with Crippen molar-refractivity contribution in [3.8, 4) is 5.75 Å². The zero-order valence-corrected chi connectivity index (χ0v) is 23.9. The van der Waals surface area contributed by atoms with Gasteiger partial charge in [-0.1, -0.05) is 61.5 Å². The predicted molar refractivity (Wildman–Crippen MR) is 158 cm³/mol. The molecule has 11 heteroatoms. The van der Waals surface area contributed by atoms with E-state index in [1.54, 1.807) is 44.1 Å². The monoisotopic (exact) mass is 582 g/mol. The van der Waals surface area contributed by atoms with Crippen molar-refractivity contribution in [2.75, 3.05) is 19.6 Å². The Kier molecular flexibility index (Phi) is 7.97. The molecule has 0 unspecified atom stereocenters. The van der Waals surface area contributed by atoms with Gasteiger partial charge in [-0.2, -0.15) is 5.01 Å². The van der Waals surface area contributed by atoms with Crippen LogP contribution >= 0.6 is 0 Å². The highest BCUT2D eigenvalue weighted by molar-refractivity contribution is 5.92. The van der Waals surface area contributed by atoms with Gasteiger partial charge in [0, 0.05) is 31.6 Å². The molecule has 222 valence electrons. The highest BCUT2D eigenvalue weighted by atomic mass is 16.3. The van der Waals surface area contributed by atoms with Crippen LogP contribution in [0.2, 0.25) is 0 Å². The molecule has 4 amide bonds. The Labute approximate surface area is 249 Å². The number of aromatic hydroxyl groups is 1. The van der Waals surface area contributed by atoms with Crippen LogP contribution in [0.3, 0.4) is 0 Å². The van der Waals surface area contributed by atoms with Gasteiger partial charge in [0.2, 0.25) is 11.8 Å². The van der Waals surface area contributed by atoms with Crippen molar-refractivity contribution in [3.05, 3.63) is 95.9 Å². The van der Waals surface area contributed by atoms with Gasteiger partial charge in [0.05, 0.1) is 13.1 Å². The van der Waals surface area contributed by atoms with Gasteiger partial charge in [0.1, 0.15) is 23.5 Å². The van der Waals surface area contributed by atoms with Crippen molar-refractivity contribution in [2.45, 2.75) is 45.1 Å². The van der Waals surface area contributed by atoms with Crippen molar-refractivity contribution in [3.63, 3.8) is 0 Å². The number of phenols is 1. The fourth-order valence-electron chi connectivity index (χ4n) is 5.94. The maximum atomic E-state index is 14.1. The van der Waals surface area contributed by atoms with E-state index in [4.69, 9.17) is 4.42 Å². The number of hydrazine groups is 1. The number of hydrogen-bond donors (Lipinski definition) is 2. The average molecular weight is 583 g/mol. The number of fused-ring (bicyclic) bond motifs is 2. The fourth-order valence-corrected chi connectivity index (χ4v) is 5.94. The number of rotatable bonds is 9. The number of hydrogen-bond acceptors (Lipinski definition) is 7. The summed E-state index contributed by atoms with van der Waals surface area (Å²) >= 11 is 0. The molecule has 0 saturated carbocycles. The maximum absolute atomic E-state index is 14.1. The van der Waals surface area contributed by atoms with E-state index in [1.165, 1.54) is 6.39 Å². The van der Waals surface area contributed by atoms with Gasteiger partial charge in [0.15, 0.2) is 12.0 Å². The molecule has 0 bridgehead atoms. The number of carbonyl (C=O) groups excluding carboxylic acids is 3. The van der Waals surface area contributed by atoms with E-state index in [0.717, 1.165) is 16.7 Å². The van der Waals surface area contributed by atoms with Crippen molar-refractivity contribution in [2.24, 2.45) is 0 Å². The number of oxazole rings is 1. The van der Waals surface area contributed by atoms with E-state index in [0.29, 0.717) is 30.6 Å². The molecule has 3 heterocycles. The molecule has 11 nitrogen and oxygen atoms in total. The number of nitrogens with zero attached hydrogens (tertiary/aromatic N) is 5. The minimum Gasteiger partial charge on any atom is -0.508 e. The van der Waals surface area contributed by atoms with E-state index in [-0.39, 0.29) is 49.7 Å². The Bertz CT molecular complexity index is 1610. The molecule has 2 aliphatic rings. The number of carbonyl (C=O) groups is 3. The number of benzene rings is 3. The summed E-state index contributed by atoms with van der Waals surface area (Å²) in [7, 11) is 0. The van der Waals surface area contributed by atoms with Crippen LogP contribution in [0.5, 0.6) is 5.75 Å². The first-order chi connectivity index (χ1) is 20.9. The van der Waals surface area contributed by atoms with E-state index in [1.807, 2.05) is 55.5 Å². The Morgan fingerprint density at radius 3 is 2.60 bits per heavy atom. The second-order valence-corrected chi connectivity index (χ2v) is 10.9. The normalized spacial score (nSPS) is 18.7. The van der Waals surface area contributed by atoms with Crippen molar-refractivity contribution < 1.29 is 23.9 Å². The van der Waals surface area contributed by atoms with Crippen molar-refractivity contribution in [1.82, 2.24) is 30.1 Å². The third-order valence-electron chi connectivity index (χ3n) is 8.00. The number of para-hydroxylation sites is 1. The third-order valence-corrected chi connectivity index (χ3v) is 8.00. The molecule has 0 aliphatic carbocycles. The molecular weight excluding hydrogens is 548 g/mol. The first-order valence-electron chi connectivity index (χ1n) is 14.5. The number of amides is 4. The number of urea groups is 1. The van der Waals surface area contributed by atoms with Crippen LogP contribution < -0.4 is 5.32 Å². The Morgan fingerprint density at radius 2 is 1.84 bits per heavy atom. The van der Waals surface area contributed by atoms with Gasteiger partial charge in [-0.05, 0) is 35.7 Å². The maximum Gasteiger partial charge on any atom is 0.332 e. The summed E-state index contributed by atoms with van der Waals surface area (Å²) in [6.07, 6.45) is 1.79. The molecule has 0 radical (unpaired) electrons. The topological polar surface area (TPSA) is 122 Å². The molecule has 1 aromatic heterocycles. The van der Waals surface area contributed by atoms with Crippen LogP contribution in [0.1, 0.15) is 30.0 Å². The van der Waals surface area contributed by atoms with Crippen LogP contribution in [-0.2, 0) is 29.1 Å². The van der Waals surface area contributed by atoms with Gasteiger partial charge in [-0.15, -0.1) is 0 Å². The average Bonchev–Trinajstić information content (AvgIpc) is 3.63. The van der Waals surface area contributed by atoms with E-state index in [2.05, 4.69) is 10.3 Å². The molecule has 43 heavy (non-hydrogen) atoms. The first kappa shape index (κ1) is 28.2. The molecule has 3 aromatic carbocycles. The summed E-state index contributed by atoms with van der Waals surface area (Å²) in [6.45, 7) is 3.20. The lowest BCUT2D eigenvalue weighted by Gasteiger charge is -2.46. The second kappa shape index (κ2) is 12.1. The highest BCUT2D eigenvalue weighted by Crippen LogP contribution is 2.31. The summed E-state index contributed by atoms with van der Waals surface area (Å²) in [4.78, 5) is 48.9. The summed E-state index contributed by atoms with van der Waals surface area (Å²) in [6, 6.07) is 20.8. The Morgan fingerprint density at radius 1 is 1.05 bits per heavy atom. The molecular formula is C32H34N6O5. The van der Waals surface area contributed by atoms with Crippen molar-refractivity contribution >= 4 is 28.9 Å². The number of phenolic OH excluding ortho intramolecular Hbond substituents is 1. The van der Waals surface area contributed by atoms with Crippen molar-refractivity contribution in [1.29, 1.82) is 0 Å². The smallest absolute Gasteiger partial charge is 0.332 e. The molecule has 2 fully saturated rings. The number of piperazine rings is 1. The Hall–Kier alpha value is -4.90. The third kappa shape index (κ3) is 5.76. The standard InChI is InChI=1S/C32H34N6O5/c1-2-15-36(32(42)33-17-23-7-4-3-5-8-23)37-20-29(40)38-27(16-22-11-13-25(39)14-12-22)31(41)35(19-28(37)38)18-24-9-6-10-26-30(24)43-21-34-26/h3-14,21,27-28,39H,2,15-20H2,1H3,(H,33,42)/t27-,28+/m0/s1. The van der Waals surface area contributed by atoms with E-state index in [9.17, 15) is 19.5 Å². The van der Waals surface area contributed by atoms with Crippen LogP contribution in [0.4, 0.5) is 4.79 Å². The molecule has 0 spiro atoms. The molecule has 2 saturated heterocycles. The lowest BCUT2D eigenvalue weighted by molar-refractivity contribution is -0.157. The van der Waals surface area contributed by atoms with Crippen LogP contribution in [0.25, 0.3) is 11.1 Å². The quantitative estimate of drug-likeness (QED) is 0.310. The lowest BCUT2D eigenvalue weighted by atomic mass is 9.99. The summed E-state index contributed by atoms with van der Waals surface area (Å²) in [5, 5.41) is 16.2. The molecule has 4 aromatic rings. The summed E-state index contributed by atoms with van der Waals surface area (Å²) in [5.41, 5.74) is 3.90. The summed E-state index contributed by atoms with van der Waals surface area (Å²) < 4.78 is 5.64. The molecule has 2 N–H and O–H groups in total. The Balaban J connectivity index is 1.31. The van der Waals surface area contributed by atoms with Gasteiger partial charge in [-0.25, -0.2) is 9.78 Å². The van der Waals surface area contributed by atoms with Gasteiger partial charge >= 0.3 is 6.03 Å². The van der Waals surface area contributed by atoms with Crippen LogP contribution in [-0.4, -0.2) is 79.6 Å². The zero-order valence-electron chi connectivity index (χ0n) is 23.9. The largest absolute Gasteiger partial charge is 0.508 e. The first-order valence-corrected chi connectivity index (χ1v) is 14.5. The SMILES string of the molecule is CCCN(C(=O)NCc1ccccc1)N1CC(=O)N2[C@@H](Cc3ccc(O)cc3)C(=O)N(Cc3cccc4ncoc34)C[C@@H]21. The van der Waals surface area contributed by atoms with Crippen LogP contribution in [0, 0.1) is 0 Å². The molecule has 2 aliphatic heterocycles. The highest BCUT2D eigenvalue weighted by Gasteiger charge is 2.52. The second-order valence-electron chi connectivity index (χ2n) is 10.9. The van der Waals surface area contributed by atoms with Gasteiger partial charge in [0.25, 0.3) is 0 Å². The zero-order chi connectivity index (χ0) is 29.9. The van der Waals surface area contributed by atoms with E-state index >= 15 is 0 Å². The molecule has 2 atom stereocenters. The fraction of sp³-hybridized carbons (Fsp3) is 0.312. The number of aromatic nitrogens is 1.